The van der Waals surface area contributed by atoms with Gasteiger partial charge >= 0.3 is 0 Å². The Morgan fingerprint density at radius 1 is 1.22 bits per heavy atom. The van der Waals surface area contributed by atoms with E-state index < -0.39 is 0 Å². The van der Waals surface area contributed by atoms with Crippen LogP contribution < -0.4 is 10.2 Å². The van der Waals surface area contributed by atoms with Crippen LogP contribution in [0.1, 0.15) is 13.8 Å². The second kappa shape index (κ2) is 6.76. The summed E-state index contributed by atoms with van der Waals surface area (Å²) in [5.41, 5.74) is 1.31. The summed E-state index contributed by atoms with van der Waals surface area (Å²) < 4.78 is 5.61. The highest BCUT2D eigenvalue weighted by atomic mass is 16.5. The zero-order valence-corrected chi connectivity index (χ0v) is 11.4. The van der Waals surface area contributed by atoms with E-state index in [1.807, 2.05) is 0 Å². The van der Waals surface area contributed by atoms with E-state index in [0.29, 0.717) is 12.0 Å². The molecule has 1 aliphatic heterocycles. The van der Waals surface area contributed by atoms with E-state index in [1.54, 1.807) is 0 Å². The van der Waals surface area contributed by atoms with Gasteiger partial charge in [-0.3, -0.25) is 0 Å². The summed E-state index contributed by atoms with van der Waals surface area (Å²) in [4.78, 5) is 2.43. The zero-order chi connectivity index (χ0) is 12.8. The standard InChI is InChI=1S/C15H24N2O/c1-3-16-15-12-18-11-13(15)10-17(4-2)14-8-6-5-7-9-14/h5-9,13,15-16H,3-4,10-12H2,1-2H3. The third kappa shape index (κ3) is 3.24. The summed E-state index contributed by atoms with van der Waals surface area (Å²) in [5.74, 6) is 0.588. The van der Waals surface area contributed by atoms with Crippen LogP contribution in [0.25, 0.3) is 0 Å². The van der Waals surface area contributed by atoms with Crippen molar-refractivity contribution >= 4 is 5.69 Å². The maximum atomic E-state index is 5.61. The Balaban J connectivity index is 1.98. The normalized spacial score (nSPS) is 23.2. The Kier molecular flexibility index (Phi) is 5.02. The quantitative estimate of drug-likeness (QED) is 0.835. The van der Waals surface area contributed by atoms with Crippen LogP contribution in [0.15, 0.2) is 30.3 Å². The molecule has 0 radical (unpaired) electrons. The first-order chi connectivity index (χ1) is 8.85. The first-order valence-corrected chi connectivity index (χ1v) is 6.96. The minimum Gasteiger partial charge on any atom is -0.379 e. The third-order valence-corrected chi connectivity index (χ3v) is 3.62. The molecule has 1 aliphatic rings. The number of benzene rings is 1. The van der Waals surface area contributed by atoms with E-state index in [-0.39, 0.29) is 0 Å². The van der Waals surface area contributed by atoms with Gasteiger partial charge in [-0.15, -0.1) is 0 Å². The largest absolute Gasteiger partial charge is 0.379 e. The van der Waals surface area contributed by atoms with Gasteiger partial charge in [0.15, 0.2) is 0 Å². The second-order valence-electron chi connectivity index (χ2n) is 4.84. The van der Waals surface area contributed by atoms with Crippen molar-refractivity contribution in [2.45, 2.75) is 19.9 Å². The predicted octanol–water partition coefficient (Wildman–Crippen LogP) is 2.14. The topological polar surface area (TPSA) is 24.5 Å². The smallest absolute Gasteiger partial charge is 0.0624 e. The van der Waals surface area contributed by atoms with Gasteiger partial charge in [0.2, 0.25) is 0 Å². The molecule has 1 aromatic rings. The number of nitrogens with zero attached hydrogens (tertiary/aromatic N) is 1. The number of rotatable bonds is 6. The lowest BCUT2D eigenvalue weighted by atomic mass is 10.0. The Hall–Kier alpha value is -1.06. The summed E-state index contributed by atoms with van der Waals surface area (Å²) in [6, 6.07) is 11.1. The van der Waals surface area contributed by atoms with Gasteiger partial charge < -0.3 is 15.0 Å². The molecule has 2 atom stereocenters. The van der Waals surface area contributed by atoms with E-state index in [1.165, 1.54) is 5.69 Å². The van der Waals surface area contributed by atoms with Crippen LogP contribution in [-0.2, 0) is 4.74 Å². The van der Waals surface area contributed by atoms with Crippen molar-refractivity contribution in [2.24, 2.45) is 5.92 Å². The van der Waals surface area contributed by atoms with E-state index in [2.05, 4.69) is 54.4 Å². The minimum atomic E-state index is 0.507. The molecule has 1 aromatic carbocycles. The van der Waals surface area contributed by atoms with E-state index in [0.717, 1.165) is 32.8 Å². The first kappa shape index (κ1) is 13.4. The molecule has 0 spiro atoms. The maximum Gasteiger partial charge on any atom is 0.0624 e. The van der Waals surface area contributed by atoms with Crippen molar-refractivity contribution in [3.63, 3.8) is 0 Å². The number of nitrogens with one attached hydrogen (secondary N) is 1. The number of anilines is 1. The Morgan fingerprint density at radius 3 is 2.67 bits per heavy atom. The second-order valence-corrected chi connectivity index (χ2v) is 4.84. The van der Waals surface area contributed by atoms with Gasteiger partial charge in [0.05, 0.1) is 13.2 Å². The molecule has 0 aromatic heterocycles. The number of ether oxygens (including phenoxy) is 1. The highest BCUT2D eigenvalue weighted by Gasteiger charge is 2.28. The summed E-state index contributed by atoms with van der Waals surface area (Å²) in [7, 11) is 0. The fraction of sp³-hybridized carbons (Fsp3) is 0.600. The summed E-state index contributed by atoms with van der Waals surface area (Å²) in [6.07, 6.45) is 0. The lowest BCUT2D eigenvalue weighted by Crippen LogP contribution is -2.41. The van der Waals surface area contributed by atoms with E-state index in [4.69, 9.17) is 4.74 Å². The molecule has 0 bridgehead atoms. The van der Waals surface area contributed by atoms with Crippen LogP contribution in [-0.4, -0.2) is 38.9 Å². The molecule has 3 heteroatoms. The molecule has 1 N–H and O–H groups in total. The van der Waals surface area contributed by atoms with Gasteiger partial charge in [0.1, 0.15) is 0 Å². The molecule has 2 rings (SSSR count). The highest BCUT2D eigenvalue weighted by Crippen LogP contribution is 2.20. The predicted molar refractivity (Wildman–Crippen MR) is 76.1 cm³/mol. The maximum absolute atomic E-state index is 5.61. The average molecular weight is 248 g/mol. The molecule has 3 nitrogen and oxygen atoms in total. The van der Waals surface area contributed by atoms with Gasteiger partial charge in [0, 0.05) is 30.7 Å². The Morgan fingerprint density at radius 2 is 2.00 bits per heavy atom. The van der Waals surface area contributed by atoms with Gasteiger partial charge in [-0.2, -0.15) is 0 Å². The Bertz CT molecular complexity index is 342. The molecule has 2 unspecified atom stereocenters. The number of hydrogen-bond donors (Lipinski definition) is 1. The van der Waals surface area contributed by atoms with Crippen molar-refractivity contribution in [1.82, 2.24) is 5.32 Å². The fourth-order valence-corrected chi connectivity index (χ4v) is 2.61. The fourth-order valence-electron chi connectivity index (χ4n) is 2.61. The molecular formula is C15H24N2O. The van der Waals surface area contributed by atoms with Crippen LogP contribution in [0.4, 0.5) is 5.69 Å². The van der Waals surface area contributed by atoms with Gasteiger partial charge in [-0.25, -0.2) is 0 Å². The van der Waals surface area contributed by atoms with Gasteiger partial charge in [-0.1, -0.05) is 25.1 Å². The zero-order valence-electron chi connectivity index (χ0n) is 11.4. The van der Waals surface area contributed by atoms with Crippen molar-refractivity contribution in [1.29, 1.82) is 0 Å². The van der Waals surface area contributed by atoms with Crippen LogP contribution in [0.3, 0.4) is 0 Å². The summed E-state index contributed by atoms with van der Waals surface area (Å²) >= 11 is 0. The number of hydrogen-bond acceptors (Lipinski definition) is 3. The molecular weight excluding hydrogens is 224 g/mol. The molecule has 1 heterocycles. The molecule has 0 saturated carbocycles. The van der Waals surface area contributed by atoms with Crippen molar-refractivity contribution in [3.05, 3.63) is 30.3 Å². The molecule has 0 amide bonds. The van der Waals surface area contributed by atoms with Crippen LogP contribution in [0.5, 0.6) is 0 Å². The molecule has 1 saturated heterocycles. The minimum absolute atomic E-state index is 0.507. The number of likely N-dealkylation sites (N-methyl/N-ethyl adjacent to an activating group) is 1. The lowest BCUT2D eigenvalue weighted by Gasteiger charge is -2.28. The molecule has 1 fully saturated rings. The average Bonchev–Trinajstić information content (AvgIpc) is 2.85. The van der Waals surface area contributed by atoms with Crippen molar-refractivity contribution in [3.8, 4) is 0 Å². The SMILES string of the molecule is CCNC1COCC1CN(CC)c1ccccc1. The third-order valence-electron chi connectivity index (χ3n) is 3.62. The summed E-state index contributed by atoms with van der Waals surface area (Å²) in [5, 5.41) is 3.52. The molecule has 18 heavy (non-hydrogen) atoms. The van der Waals surface area contributed by atoms with Crippen molar-refractivity contribution < 1.29 is 4.74 Å². The highest BCUT2D eigenvalue weighted by molar-refractivity contribution is 5.45. The molecule has 100 valence electrons. The monoisotopic (exact) mass is 248 g/mol. The lowest BCUT2D eigenvalue weighted by molar-refractivity contribution is 0.183. The van der Waals surface area contributed by atoms with E-state index >= 15 is 0 Å². The van der Waals surface area contributed by atoms with Crippen molar-refractivity contribution in [2.75, 3.05) is 37.7 Å². The van der Waals surface area contributed by atoms with Crippen LogP contribution in [0, 0.1) is 5.92 Å². The van der Waals surface area contributed by atoms with E-state index in [9.17, 15) is 0 Å². The van der Waals surface area contributed by atoms with Gasteiger partial charge in [0.25, 0.3) is 0 Å². The van der Waals surface area contributed by atoms with Crippen LogP contribution in [0.2, 0.25) is 0 Å². The first-order valence-electron chi connectivity index (χ1n) is 6.96. The van der Waals surface area contributed by atoms with Gasteiger partial charge in [-0.05, 0) is 25.6 Å². The summed E-state index contributed by atoms with van der Waals surface area (Å²) in [6.45, 7) is 9.22. The number of para-hydroxylation sites is 1. The Labute approximate surface area is 110 Å². The van der Waals surface area contributed by atoms with Crippen LogP contribution >= 0.6 is 0 Å². The molecule has 0 aliphatic carbocycles.